The van der Waals surface area contributed by atoms with E-state index in [1.54, 1.807) is 0 Å². The zero-order valence-corrected chi connectivity index (χ0v) is 14.8. The van der Waals surface area contributed by atoms with Gasteiger partial charge in [0.2, 0.25) is 0 Å². The molecule has 0 unspecified atom stereocenters. The van der Waals surface area contributed by atoms with E-state index in [4.69, 9.17) is 0 Å². The number of carbonyl (C=O) groups is 1. The first-order chi connectivity index (χ1) is 12.3. The van der Waals surface area contributed by atoms with E-state index in [9.17, 15) is 18.0 Å². The number of carbonyl (C=O) groups excluding carboxylic acids is 1. The summed E-state index contributed by atoms with van der Waals surface area (Å²) in [6.45, 7) is 3.83. The number of alkyl halides is 3. The fourth-order valence-electron chi connectivity index (χ4n) is 2.52. The first-order valence-electron chi connectivity index (χ1n) is 7.78. The van der Waals surface area contributed by atoms with Crippen molar-refractivity contribution in [2.24, 2.45) is 0 Å². The number of anilines is 1. The average molecular weight is 376 g/mol. The fourth-order valence-corrected chi connectivity index (χ4v) is 3.35. The minimum Gasteiger partial charge on any atom is -0.298 e. The summed E-state index contributed by atoms with van der Waals surface area (Å²) < 4.78 is 39.2. The van der Waals surface area contributed by atoms with Gasteiger partial charge in [0.25, 0.3) is 5.91 Å². The van der Waals surface area contributed by atoms with Crippen LogP contribution in [-0.4, -0.2) is 10.9 Å². The van der Waals surface area contributed by atoms with Crippen LogP contribution >= 0.6 is 11.3 Å². The van der Waals surface area contributed by atoms with Crippen molar-refractivity contribution < 1.29 is 18.0 Å². The van der Waals surface area contributed by atoms with Gasteiger partial charge in [0, 0.05) is 10.4 Å². The Balaban J connectivity index is 1.88. The summed E-state index contributed by atoms with van der Waals surface area (Å²) in [6.07, 6.45) is -4.60. The van der Waals surface area contributed by atoms with Crippen molar-refractivity contribution in [1.29, 1.82) is 0 Å². The third kappa shape index (κ3) is 3.77. The lowest BCUT2D eigenvalue weighted by molar-refractivity contribution is -0.137. The van der Waals surface area contributed by atoms with Gasteiger partial charge in [-0.2, -0.15) is 13.2 Å². The van der Waals surface area contributed by atoms with Gasteiger partial charge in [-0.15, -0.1) is 11.3 Å². The molecule has 0 spiro atoms. The van der Waals surface area contributed by atoms with Gasteiger partial charge in [-0.25, -0.2) is 4.98 Å². The molecule has 0 atom stereocenters. The lowest BCUT2D eigenvalue weighted by atomic mass is 10.1. The number of aromatic nitrogens is 1. The highest BCUT2D eigenvalue weighted by molar-refractivity contribution is 7.16. The van der Waals surface area contributed by atoms with E-state index < -0.39 is 23.2 Å². The minimum atomic E-state index is -4.60. The van der Waals surface area contributed by atoms with Crippen molar-refractivity contribution >= 4 is 22.4 Å². The fraction of sp³-hybridized carbons (Fsp3) is 0.158. The molecule has 0 saturated heterocycles. The maximum Gasteiger partial charge on any atom is 0.417 e. The van der Waals surface area contributed by atoms with E-state index >= 15 is 0 Å². The number of benzene rings is 2. The normalized spacial score (nSPS) is 11.4. The number of hydrogen-bond acceptors (Lipinski definition) is 3. The Morgan fingerprint density at radius 1 is 1.04 bits per heavy atom. The van der Waals surface area contributed by atoms with Crippen LogP contribution in [0.5, 0.6) is 0 Å². The number of amides is 1. The Labute approximate surface area is 152 Å². The Hall–Kier alpha value is -2.67. The van der Waals surface area contributed by atoms with Crippen LogP contribution < -0.4 is 5.32 Å². The van der Waals surface area contributed by atoms with Gasteiger partial charge < -0.3 is 0 Å². The molecule has 0 fully saturated rings. The van der Waals surface area contributed by atoms with Crippen molar-refractivity contribution in [3.63, 3.8) is 0 Å². The van der Waals surface area contributed by atoms with Gasteiger partial charge in [-0.1, -0.05) is 42.0 Å². The molecule has 26 heavy (non-hydrogen) atoms. The standard InChI is InChI=1S/C19H15F3N2OS/c1-11-7-9-13(10-8-11)16-12(2)26-18(23-16)24-17(25)14-5-3-4-6-15(14)19(20,21)22/h3-10H,1-2H3,(H,23,24,25). The summed E-state index contributed by atoms with van der Waals surface area (Å²) in [5.74, 6) is -0.831. The van der Waals surface area contributed by atoms with Gasteiger partial charge in [0.05, 0.1) is 16.8 Å². The van der Waals surface area contributed by atoms with Gasteiger partial charge in [-0.3, -0.25) is 10.1 Å². The van der Waals surface area contributed by atoms with Crippen LogP contribution in [0, 0.1) is 13.8 Å². The predicted octanol–water partition coefficient (Wildman–Crippen LogP) is 5.70. The van der Waals surface area contributed by atoms with Crippen LogP contribution in [0.3, 0.4) is 0 Å². The first-order valence-corrected chi connectivity index (χ1v) is 8.59. The van der Waals surface area contributed by atoms with Crippen LogP contribution in [0.15, 0.2) is 48.5 Å². The second-order valence-electron chi connectivity index (χ2n) is 5.79. The first kappa shape index (κ1) is 18.1. The lowest BCUT2D eigenvalue weighted by Gasteiger charge is -2.11. The molecular weight excluding hydrogens is 361 g/mol. The molecule has 3 aromatic rings. The molecule has 134 valence electrons. The van der Waals surface area contributed by atoms with Gasteiger partial charge in [0.15, 0.2) is 5.13 Å². The molecule has 1 heterocycles. The average Bonchev–Trinajstić information content (AvgIpc) is 2.95. The van der Waals surface area contributed by atoms with Crippen molar-refractivity contribution in [1.82, 2.24) is 4.98 Å². The zero-order chi connectivity index (χ0) is 18.9. The maximum absolute atomic E-state index is 13.1. The van der Waals surface area contributed by atoms with Crippen LogP contribution in [0.2, 0.25) is 0 Å². The van der Waals surface area contributed by atoms with Crippen molar-refractivity contribution in [3.8, 4) is 11.3 Å². The molecule has 0 saturated carbocycles. The maximum atomic E-state index is 13.1. The topological polar surface area (TPSA) is 42.0 Å². The predicted molar refractivity (Wildman–Crippen MR) is 96.4 cm³/mol. The monoisotopic (exact) mass is 376 g/mol. The molecule has 1 aromatic heterocycles. The number of nitrogens with zero attached hydrogens (tertiary/aromatic N) is 1. The molecule has 1 amide bonds. The summed E-state index contributed by atoms with van der Waals surface area (Å²) in [5.41, 5.74) is 1.31. The summed E-state index contributed by atoms with van der Waals surface area (Å²) in [5, 5.41) is 2.75. The summed E-state index contributed by atoms with van der Waals surface area (Å²) in [7, 11) is 0. The highest BCUT2D eigenvalue weighted by Gasteiger charge is 2.35. The van der Waals surface area contributed by atoms with Crippen molar-refractivity contribution in [3.05, 3.63) is 70.1 Å². The molecule has 3 rings (SSSR count). The molecular formula is C19H15F3N2OS. The number of aryl methyl sites for hydroxylation is 2. The summed E-state index contributed by atoms with van der Waals surface area (Å²) in [6, 6.07) is 12.4. The SMILES string of the molecule is Cc1ccc(-c2nc(NC(=O)c3ccccc3C(F)(F)F)sc2C)cc1. The van der Waals surface area contributed by atoms with E-state index in [1.165, 1.54) is 23.5 Å². The van der Waals surface area contributed by atoms with E-state index in [2.05, 4.69) is 10.3 Å². The quantitative estimate of drug-likeness (QED) is 0.637. The second-order valence-corrected chi connectivity index (χ2v) is 6.99. The minimum absolute atomic E-state index is 0.264. The molecule has 7 heteroatoms. The molecule has 2 aromatic carbocycles. The van der Waals surface area contributed by atoms with Gasteiger partial charge >= 0.3 is 6.18 Å². The smallest absolute Gasteiger partial charge is 0.298 e. The third-order valence-electron chi connectivity index (χ3n) is 3.82. The van der Waals surface area contributed by atoms with E-state index in [0.717, 1.165) is 28.1 Å². The van der Waals surface area contributed by atoms with E-state index in [-0.39, 0.29) is 5.13 Å². The molecule has 0 bridgehead atoms. The Morgan fingerprint density at radius 2 is 1.69 bits per heavy atom. The van der Waals surface area contributed by atoms with Crippen LogP contribution in [0.1, 0.15) is 26.4 Å². The Bertz CT molecular complexity index is 946. The highest BCUT2D eigenvalue weighted by atomic mass is 32.1. The molecule has 1 N–H and O–H groups in total. The Kier molecular flexibility index (Phi) is 4.82. The van der Waals surface area contributed by atoms with Crippen LogP contribution in [0.4, 0.5) is 18.3 Å². The molecule has 0 radical (unpaired) electrons. The van der Waals surface area contributed by atoms with E-state index in [1.807, 2.05) is 38.1 Å². The molecule has 0 aliphatic rings. The van der Waals surface area contributed by atoms with Gasteiger partial charge in [0.1, 0.15) is 0 Å². The second kappa shape index (κ2) is 6.92. The molecule has 0 aliphatic heterocycles. The number of hydrogen-bond donors (Lipinski definition) is 1. The van der Waals surface area contributed by atoms with Gasteiger partial charge in [-0.05, 0) is 26.0 Å². The molecule has 3 nitrogen and oxygen atoms in total. The van der Waals surface area contributed by atoms with E-state index in [0.29, 0.717) is 5.69 Å². The van der Waals surface area contributed by atoms with Crippen LogP contribution in [-0.2, 0) is 6.18 Å². The van der Waals surface area contributed by atoms with Crippen LogP contribution in [0.25, 0.3) is 11.3 Å². The number of rotatable bonds is 3. The third-order valence-corrected chi connectivity index (χ3v) is 4.71. The molecule has 0 aliphatic carbocycles. The van der Waals surface area contributed by atoms with Crippen molar-refractivity contribution in [2.45, 2.75) is 20.0 Å². The number of thiazole rings is 1. The number of halogens is 3. The van der Waals surface area contributed by atoms with Crippen molar-refractivity contribution in [2.75, 3.05) is 5.32 Å². The summed E-state index contributed by atoms with van der Waals surface area (Å²) in [4.78, 5) is 17.6. The lowest BCUT2D eigenvalue weighted by Crippen LogP contribution is -2.18. The largest absolute Gasteiger partial charge is 0.417 e. The Morgan fingerprint density at radius 3 is 2.35 bits per heavy atom. The highest BCUT2D eigenvalue weighted by Crippen LogP contribution is 2.34. The summed E-state index contributed by atoms with van der Waals surface area (Å²) >= 11 is 1.23. The number of nitrogens with one attached hydrogen (secondary N) is 1. The zero-order valence-electron chi connectivity index (χ0n) is 14.0.